The Bertz CT molecular complexity index is 968. The number of rotatable bonds is 4. The number of ketones is 1. The number of ether oxygens (including phenoxy) is 1. The molecule has 3 amide bonds. The number of urea groups is 1. The highest BCUT2D eigenvalue weighted by Crippen LogP contribution is 2.31. The summed E-state index contributed by atoms with van der Waals surface area (Å²) in [6.07, 6.45) is 1.46. The highest BCUT2D eigenvalue weighted by atomic mass is 16.5. The Balaban J connectivity index is 1.46. The van der Waals surface area contributed by atoms with Gasteiger partial charge < -0.3 is 10.1 Å². The number of Topliss-reactive ketones (excluding diaryl/α,β-unsaturated/α-hetero) is 1. The van der Waals surface area contributed by atoms with Crippen LogP contribution in [0.3, 0.4) is 0 Å². The number of aliphatic imine (C=N–C) groups is 1. The van der Waals surface area contributed by atoms with Crippen LogP contribution in [0.2, 0.25) is 0 Å². The third-order valence-corrected chi connectivity index (χ3v) is 4.80. The fourth-order valence-corrected chi connectivity index (χ4v) is 3.29. The number of carbonyl (C=O) groups is 3. The van der Waals surface area contributed by atoms with Crippen molar-refractivity contribution in [3.63, 3.8) is 0 Å². The van der Waals surface area contributed by atoms with E-state index in [-0.39, 0.29) is 5.56 Å². The third kappa shape index (κ3) is 4.23. The van der Waals surface area contributed by atoms with Gasteiger partial charge in [-0.15, -0.1) is 0 Å². The molecule has 29 heavy (non-hydrogen) atoms. The Hall–Kier alpha value is -3.36. The average molecular weight is 392 g/mol. The van der Waals surface area contributed by atoms with Crippen molar-refractivity contribution in [2.24, 2.45) is 4.99 Å². The number of carbonyl (C=O) groups excluding carboxylic acids is 3. The van der Waals surface area contributed by atoms with Gasteiger partial charge in [0.25, 0.3) is 5.78 Å². The van der Waals surface area contributed by atoms with Crippen molar-refractivity contribution in [2.45, 2.75) is 0 Å². The standard InChI is InChI=1S/C21H20N4O4/c26-19-17-12-16(23-21(28)22-13-15-4-2-1-3-5-15)6-7-18(17)25(20(19)27)14-24-8-10-29-11-9-24/h1-7,12-13H,8-11,14H2,(H,23,28). The molecule has 0 bridgehead atoms. The van der Waals surface area contributed by atoms with Gasteiger partial charge in [0.1, 0.15) is 0 Å². The monoisotopic (exact) mass is 392 g/mol. The van der Waals surface area contributed by atoms with E-state index in [1.807, 2.05) is 30.3 Å². The van der Waals surface area contributed by atoms with E-state index in [4.69, 9.17) is 4.74 Å². The van der Waals surface area contributed by atoms with Gasteiger partial charge in [-0.2, -0.15) is 0 Å². The molecule has 2 aromatic carbocycles. The lowest BCUT2D eigenvalue weighted by molar-refractivity contribution is -0.114. The van der Waals surface area contributed by atoms with Crippen molar-refractivity contribution in [1.29, 1.82) is 0 Å². The highest BCUT2D eigenvalue weighted by Gasteiger charge is 2.37. The summed E-state index contributed by atoms with van der Waals surface area (Å²) in [6.45, 7) is 2.98. The maximum Gasteiger partial charge on any atom is 0.345 e. The second-order valence-electron chi connectivity index (χ2n) is 6.77. The van der Waals surface area contributed by atoms with Crippen LogP contribution in [0.5, 0.6) is 0 Å². The molecule has 8 nitrogen and oxygen atoms in total. The Morgan fingerprint density at radius 2 is 1.86 bits per heavy atom. The Morgan fingerprint density at radius 1 is 1.10 bits per heavy atom. The summed E-state index contributed by atoms with van der Waals surface area (Å²) in [4.78, 5) is 44.3. The number of hydrogen-bond donors (Lipinski definition) is 1. The fourth-order valence-electron chi connectivity index (χ4n) is 3.29. The van der Waals surface area contributed by atoms with Crippen LogP contribution in [-0.4, -0.2) is 61.8 Å². The third-order valence-electron chi connectivity index (χ3n) is 4.80. The number of benzene rings is 2. The average Bonchev–Trinajstić information content (AvgIpc) is 2.98. The van der Waals surface area contributed by atoms with Crippen LogP contribution in [0.4, 0.5) is 16.2 Å². The predicted octanol–water partition coefficient (Wildman–Crippen LogP) is 2.16. The molecule has 8 heteroatoms. The maximum atomic E-state index is 12.4. The van der Waals surface area contributed by atoms with Crippen LogP contribution in [0.1, 0.15) is 15.9 Å². The maximum absolute atomic E-state index is 12.4. The molecule has 0 atom stereocenters. The topological polar surface area (TPSA) is 91.3 Å². The number of hydrogen-bond acceptors (Lipinski definition) is 5. The molecule has 0 aliphatic carbocycles. The minimum atomic E-state index is -0.572. The first-order chi connectivity index (χ1) is 14.1. The molecule has 0 saturated carbocycles. The summed E-state index contributed by atoms with van der Waals surface area (Å²) in [5.41, 5.74) is 2.05. The second-order valence-corrected chi connectivity index (χ2v) is 6.77. The molecule has 1 fully saturated rings. The molecule has 4 rings (SSSR count). The van der Waals surface area contributed by atoms with Crippen molar-refractivity contribution in [3.05, 3.63) is 59.7 Å². The number of nitrogens with one attached hydrogen (secondary N) is 1. The Kier molecular flexibility index (Phi) is 5.46. The van der Waals surface area contributed by atoms with E-state index < -0.39 is 17.7 Å². The van der Waals surface area contributed by atoms with Crippen molar-refractivity contribution in [2.75, 3.05) is 43.2 Å². The van der Waals surface area contributed by atoms with Crippen molar-refractivity contribution in [1.82, 2.24) is 4.90 Å². The molecule has 0 radical (unpaired) electrons. The van der Waals surface area contributed by atoms with E-state index in [0.29, 0.717) is 44.3 Å². The Morgan fingerprint density at radius 3 is 2.62 bits per heavy atom. The quantitative estimate of drug-likeness (QED) is 0.636. The highest BCUT2D eigenvalue weighted by molar-refractivity contribution is 6.52. The lowest BCUT2D eigenvalue weighted by Gasteiger charge is -2.30. The molecule has 1 N–H and O–H groups in total. The second kappa shape index (κ2) is 8.34. The molecule has 2 aliphatic rings. The first kappa shape index (κ1) is 19.0. The molecule has 2 aromatic rings. The SMILES string of the molecule is O=C(N=Cc1ccccc1)Nc1ccc2c(c1)C(=O)C(=O)N2CN1CCOCC1. The van der Waals surface area contributed by atoms with Gasteiger partial charge in [0, 0.05) is 25.0 Å². The zero-order valence-electron chi connectivity index (χ0n) is 15.7. The van der Waals surface area contributed by atoms with Crippen LogP contribution in [0.15, 0.2) is 53.5 Å². The molecule has 2 heterocycles. The summed E-state index contributed by atoms with van der Waals surface area (Å²) < 4.78 is 5.32. The molecular formula is C21H20N4O4. The predicted molar refractivity (Wildman–Crippen MR) is 109 cm³/mol. The zero-order chi connectivity index (χ0) is 20.2. The van der Waals surface area contributed by atoms with Gasteiger partial charge >= 0.3 is 11.9 Å². The van der Waals surface area contributed by atoms with Crippen molar-refractivity contribution in [3.8, 4) is 0 Å². The van der Waals surface area contributed by atoms with Gasteiger partial charge in [-0.3, -0.25) is 19.4 Å². The van der Waals surface area contributed by atoms with E-state index in [2.05, 4.69) is 15.2 Å². The molecule has 148 valence electrons. The number of fused-ring (bicyclic) bond motifs is 1. The summed E-state index contributed by atoms with van der Waals surface area (Å²) >= 11 is 0. The normalized spacial score (nSPS) is 17.0. The molecular weight excluding hydrogens is 372 g/mol. The largest absolute Gasteiger partial charge is 0.379 e. The van der Waals surface area contributed by atoms with E-state index in [1.54, 1.807) is 12.1 Å². The molecule has 2 aliphatic heterocycles. The Labute approximate surface area is 167 Å². The lowest BCUT2D eigenvalue weighted by Crippen LogP contribution is -2.45. The number of morpholine rings is 1. The molecule has 1 saturated heterocycles. The van der Waals surface area contributed by atoms with Gasteiger partial charge in [0.15, 0.2) is 0 Å². The first-order valence-corrected chi connectivity index (χ1v) is 9.32. The smallest absolute Gasteiger partial charge is 0.345 e. The minimum Gasteiger partial charge on any atom is -0.379 e. The number of anilines is 2. The van der Waals surface area contributed by atoms with Crippen LogP contribution in [-0.2, 0) is 9.53 Å². The summed E-state index contributed by atoms with van der Waals surface area (Å²) in [7, 11) is 0. The fraction of sp³-hybridized carbons (Fsp3) is 0.238. The van der Waals surface area contributed by atoms with E-state index in [9.17, 15) is 14.4 Å². The minimum absolute atomic E-state index is 0.285. The van der Waals surface area contributed by atoms with Crippen molar-refractivity contribution < 1.29 is 19.1 Å². The van der Waals surface area contributed by atoms with Crippen molar-refractivity contribution >= 4 is 35.3 Å². The zero-order valence-corrected chi connectivity index (χ0v) is 15.7. The van der Waals surface area contributed by atoms with Gasteiger partial charge in [-0.1, -0.05) is 30.3 Å². The van der Waals surface area contributed by atoms with Gasteiger partial charge in [0.2, 0.25) is 0 Å². The number of amides is 3. The molecule has 0 unspecified atom stereocenters. The van der Waals surface area contributed by atoms with Crippen LogP contribution < -0.4 is 10.2 Å². The van der Waals surface area contributed by atoms with Crippen LogP contribution >= 0.6 is 0 Å². The summed E-state index contributed by atoms with van der Waals surface area (Å²) in [6, 6.07) is 13.5. The van der Waals surface area contributed by atoms with Crippen LogP contribution in [0.25, 0.3) is 0 Å². The van der Waals surface area contributed by atoms with E-state index >= 15 is 0 Å². The van der Waals surface area contributed by atoms with Gasteiger partial charge in [0.05, 0.1) is 31.1 Å². The molecule has 0 aromatic heterocycles. The summed E-state index contributed by atoms with van der Waals surface area (Å²) in [5, 5.41) is 2.63. The number of nitrogens with zero attached hydrogens (tertiary/aromatic N) is 3. The van der Waals surface area contributed by atoms with E-state index in [0.717, 1.165) is 5.56 Å². The first-order valence-electron chi connectivity index (χ1n) is 9.32. The summed E-state index contributed by atoms with van der Waals surface area (Å²) in [5.74, 6) is -1.13. The van der Waals surface area contributed by atoms with Gasteiger partial charge in [-0.25, -0.2) is 9.79 Å². The lowest BCUT2D eigenvalue weighted by atomic mass is 10.1. The molecule has 0 spiro atoms. The van der Waals surface area contributed by atoms with Crippen LogP contribution in [0, 0.1) is 0 Å². The van der Waals surface area contributed by atoms with E-state index in [1.165, 1.54) is 17.2 Å². The van der Waals surface area contributed by atoms with Gasteiger partial charge in [-0.05, 0) is 23.8 Å².